The second-order valence-electron chi connectivity index (χ2n) is 9.23. The summed E-state index contributed by atoms with van der Waals surface area (Å²) in [5.41, 5.74) is 5.47. The van der Waals surface area contributed by atoms with Gasteiger partial charge in [-0.3, -0.25) is 4.79 Å². The smallest absolute Gasteiger partial charge is 0.255 e. The predicted octanol–water partition coefficient (Wildman–Crippen LogP) is 7.00. The molecule has 2 N–H and O–H groups in total. The van der Waals surface area contributed by atoms with Crippen molar-refractivity contribution in [2.24, 2.45) is 17.8 Å². The number of nitrogens with one attached hydrogen (secondary N) is 2. The van der Waals surface area contributed by atoms with E-state index >= 15 is 0 Å². The minimum Gasteiger partial charge on any atom is -0.378 e. The number of carbonyl (C=O) groups is 1. The van der Waals surface area contributed by atoms with E-state index in [0.717, 1.165) is 27.6 Å². The van der Waals surface area contributed by atoms with Crippen molar-refractivity contribution in [1.82, 2.24) is 0 Å². The van der Waals surface area contributed by atoms with Crippen LogP contribution in [0.1, 0.15) is 52.7 Å². The van der Waals surface area contributed by atoms with Crippen LogP contribution in [-0.4, -0.2) is 5.91 Å². The maximum atomic E-state index is 13.0. The molecule has 3 nitrogen and oxygen atoms in total. The first-order valence-corrected chi connectivity index (χ1v) is 12.0. The Balaban J connectivity index is 1.34. The van der Waals surface area contributed by atoms with Crippen molar-refractivity contribution < 1.29 is 4.79 Å². The summed E-state index contributed by atoms with van der Waals surface area (Å²) in [5.74, 6) is 2.63. The number of hydrogen-bond acceptors (Lipinski definition) is 2. The summed E-state index contributed by atoms with van der Waals surface area (Å²) in [5, 5.41) is 6.90. The van der Waals surface area contributed by atoms with Crippen LogP contribution >= 0.6 is 15.9 Å². The van der Waals surface area contributed by atoms with E-state index in [9.17, 15) is 4.79 Å². The van der Waals surface area contributed by atoms with Gasteiger partial charge in [0.15, 0.2) is 0 Å². The number of anilines is 2. The number of carbonyl (C=O) groups excluding carboxylic acids is 1. The molecule has 4 heteroatoms. The third-order valence-electron chi connectivity index (χ3n) is 7.61. The molecule has 5 atom stereocenters. The molecule has 2 aliphatic carbocycles. The Hall–Kier alpha value is -2.59. The van der Waals surface area contributed by atoms with E-state index in [-0.39, 0.29) is 5.91 Å². The fourth-order valence-corrected chi connectivity index (χ4v) is 6.62. The van der Waals surface area contributed by atoms with Crippen molar-refractivity contribution >= 4 is 33.2 Å². The van der Waals surface area contributed by atoms with E-state index < -0.39 is 0 Å². The Morgan fingerprint density at radius 3 is 2.52 bits per heavy atom. The van der Waals surface area contributed by atoms with E-state index in [1.54, 1.807) is 0 Å². The molecule has 1 aliphatic heterocycles. The molecule has 3 aliphatic rings. The SMILES string of the molecule is O=C(Nc1ccc(Br)cc1)c1ccc2c(c1)[C@@H]1[C@H]3CC[C@@H](C3)[C@H]1[C@H](c1ccccc1)N2. The van der Waals surface area contributed by atoms with E-state index in [1.807, 2.05) is 30.3 Å². The number of benzene rings is 3. The minimum absolute atomic E-state index is 0.0463. The number of hydrogen-bond donors (Lipinski definition) is 2. The minimum atomic E-state index is -0.0463. The fourth-order valence-electron chi connectivity index (χ4n) is 6.35. The van der Waals surface area contributed by atoms with Gasteiger partial charge in [-0.05, 0) is 96.5 Å². The molecule has 31 heavy (non-hydrogen) atoms. The highest BCUT2D eigenvalue weighted by Crippen LogP contribution is 2.63. The third kappa shape index (κ3) is 3.28. The summed E-state index contributed by atoms with van der Waals surface area (Å²) >= 11 is 3.44. The molecule has 0 radical (unpaired) electrons. The molecule has 1 heterocycles. The number of rotatable bonds is 3. The Morgan fingerprint density at radius 2 is 1.71 bits per heavy atom. The van der Waals surface area contributed by atoms with Gasteiger partial charge in [0.1, 0.15) is 0 Å². The molecule has 0 spiro atoms. The maximum absolute atomic E-state index is 13.0. The highest BCUT2D eigenvalue weighted by molar-refractivity contribution is 9.10. The van der Waals surface area contributed by atoms with Crippen LogP contribution in [0.3, 0.4) is 0 Å². The molecule has 2 fully saturated rings. The molecular formula is C27H25BrN2O. The normalized spacial score (nSPS) is 27.8. The predicted molar refractivity (Wildman–Crippen MR) is 128 cm³/mol. The highest BCUT2D eigenvalue weighted by atomic mass is 79.9. The van der Waals surface area contributed by atoms with Crippen LogP contribution in [0, 0.1) is 17.8 Å². The number of halogens is 1. The van der Waals surface area contributed by atoms with Crippen LogP contribution in [-0.2, 0) is 0 Å². The fraction of sp³-hybridized carbons (Fsp3) is 0.296. The molecule has 156 valence electrons. The maximum Gasteiger partial charge on any atom is 0.255 e. The first-order valence-electron chi connectivity index (χ1n) is 11.2. The zero-order valence-electron chi connectivity index (χ0n) is 17.2. The van der Waals surface area contributed by atoms with Gasteiger partial charge in [-0.2, -0.15) is 0 Å². The number of amides is 1. The second kappa shape index (κ2) is 7.52. The van der Waals surface area contributed by atoms with E-state index in [1.165, 1.54) is 36.1 Å². The molecule has 3 aromatic carbocycles. The van der Waals surface area contributed by atoms with Gasteiger partial charge in [0.05, 0.1) is 6.04 Å². The van der Waals surface area contributed by atoms with Gasteiger partial charge in [0.25, 0.3) is 5.91 Å². The van der Waals surface area contributed by atoms with Crippen molar-refractivity contribution in [3.8, 4) is 0 Å². The van der Waals surface area contributed by atoms with E-state index in [4.69, 9.17) is 0 Å². The lowest BCUT2D eigenvalue weighted by atomic mass is 9.68. The lowest BCUT2D eigenvalue weighted by Crippen LogP contribution is -2.35. The molecule has 2 saturated carbocycles. The summed E-state index contributed by atoms with van der Waals surface area (Å²) < 4.78 is 1.00. The molecule has 0 saturated heterocycles. The zero-order chi connectivity index (χ0) is 20.9. The summed E-state index contributed by atoms with van der Waals surface area (Å²) in [6.45, 7) is 0. The van der Waals surface area contributed by atoms with E-state index in [2.05, 4.69) is 69.0 Å². The van der Waals surface area contributed by atoms with Crippen LogP contribution in [0.2, 0.25) is 0 Å². The van der Waals surface area contributed by atoms with Crippen LogP contribution in [0.5, 0.6) is 0 Å². The summed E-state index contributed by atoms with van der Waals surface area (Å²) in [6, 6.07) is 25.2. The monoisotopic (exact) mass is 472 g/mol. The van der Waals surface area contributed by atoms with Crippen LogP contribution in [0.15, 0.2) is 77.3 Å². The van der Waals surface area contributed by atoms with Crippen LogP contribution in [0.4, 0.5) is 11.4 Å². The molecule has 2 bridgehead atoms. The van der Waals surface area contributed by atoms with Crippen molar-refractivity contribution in [2.75, 3.05) is 10.6 Å². The molecular weight excluding hydrogens is 448 g/mol. The Bertz CT molecular complexity index is 1130. The lowest BCUT2D eigenvalue weighted by molar-refractivity contribution is 0.102. The largest absolute Gasteiger partial charge is 0.378 e. The van der Waals surface area contributed by atoms with Gasteiger partial charge >= 0.3 is 0 Å². The van der Waals surface area contributed by atoms with Crippen LogP contribution in [0.25, 0.3) is 0 Å². The average Bonchev–Trinajstić information content (AvgIpc) is 3.43. The quantitative estimate of drug-likeness (QED) is 0.430. The van der Waals surface area contributed by atoms with Gasteiger partial charge in [0.2, 0.25) is 0 Å². The van der Waals surface area contributed by atoms with Crippen molar-refractivity contribution in [3.63, 3.8) is 0 Å². The summed E-state index contributed by atoms with van der Waals surface area (Å²) in [7, 11) is 0. The number of fused-ring (bicyclic) bond motifs is 7. The standard InChI is InChI=1S/C27H25BrN2O/c28-20-9-11-21(12-10-20)29-27(31)19-8-13-23-22(15-19)24-17-6-7-18(14-17)25(24)26(30-23)16-4-2-1-3-5-16/h1-5,8-13,15,17-18,24-26,30H,6-7,14H2,(H,29,31)/t17-,18-,24-,25+,26-/m0/s1. The van der Waals surface area contributed by atoms with Gasteiger partial charge in [-0.1, -0.05) is 46.3 Å². The second-order valence-corrected chi connectivity index (χ2v) is 10.1. The third-order valence-corrected chi connectivity index (χ3v) is 8.14. The highest BCUT2D eigenvalue weighted by Gasteiger charge is 2.53. The first-order chi connectivity index (χ1) is 15.2. The van der Waals surface area contributed by atoms with Crippen LogP contribution < -0.4 is 10.6 Å². The first kappa shape index (κ1) is 19.1. The summed E-state index contributed by atoms with van der Waals surface area (Å²) in [6.07, 6.45) is 3.99. The van der Waals surface area contributed by atoms with Gasteiger partial charge in [0, 0.05) is 21.4 Å². The Morgan fingerprint density at radius 1 is 0.935 bits per heavy atom. The Labute approximate surface area is 191 Å². The topological polar surface area (TPSA) is 41.1 Å². The molecule has 6 rings (SSSR count). The van der Waals surface area contributed by atoms with Crippen molar-refractivity contribution in [1.29, 1.82) is 0 Å². The average molecular weight is 473 g/mol. The van der Waals surface area contributed by atoms with Gasteiger partial charge in [-0.15, -0.1) is 0 Å². The molecule has 3 aromatic rings. The zero-order valence-corrected chi connectivity index (χ0v) is 18.8. The molecule has 1 amide bonds. The van der Waals surface area contributed by atoms with Crippen molar-refractivity contribution in [2.45, 2.75) is 31.2 Å². The molecule has 0 aromatic heterocycles. The lowest BCUT2D eigenvalue weighted by Gasteiger charge is -2.43. The molecule has 0 unspecified atom stereocenters. The van der Waals surface area contributed by atoms with Crippen molar-refractivity contribution in [3.05, 3.63) is 94.0 Å². The van der Waals surface area contributed by atoms with Gasteiger partial charge < -0.3 is 10.6 Å². The summed E-state index contributed by atoms with van der Waals surface area (Å²) in [4.78, 5) is 13.0. The Kier molecular flexibility index (Phi) is 4.64. The van der Waals surface area contributed by atoms with E-state index in [0.29, 0.717) is 17.9 Å². The van der Waals surface area contributed by atoms with Gasteiger partial charge in [-0.25, -0.2) is 0 Å².